The third-order valence-electron chi connectivity index (χ3n) is 4.48. The Morgan fingerprint density at radius 3 is 2.59 bits per heavy atom. The van der Waals surface area contributed by atoms with Crippen molar-refractivity contribution in [1.29, 1.82) is 0 Å². The number of aromatic nitrogens is 2. The lowest BCUT2D eigenvalue weighted by atomic mass is 10.0. The van der Waals surface area contributed by atoms with Gasteiger partial charge in [0, 0.05) is 46.1 Å². The highest BCUT2D eigenvalue weighted by molar-refractivity contribution is 6.31. The molecule has 0 aliphatic rings. The van der Waals surface area contributed by atoms with Gasteiger partial charge in [0.1, 0.15) is 0 Å². The van der Waals surface area contributed by atoms with E-state index in [2.05, 4.69) is 27.4 Å². The van der Waals surface area contributed by atoms with E-state index < -0.39 is 0 Å². The molecule has 0 aliphatic carbocycles. The standard InChI is InChI=1S/C22H18ClN3O/c23-16-6-7-20-18(13-16)19(14-22(27)25-17-8-10-24-11-9-17)21(26-20)12-15-4-2-1-3-5-15/h1-11,13,26H,12,14H2,(H,24,25,27). The summed E-state index contributed by atoms with van der Waals surface area (Å²) in [4.78, 5) is 20.1. The van der Waals surface area contributed by atoms with Crippen molar-refractivity contribution < 1.29 is 4.79 Å². The molecule has 4 nitrogen and oxygen atoms in total. The van der Waals surface area contributed by atoms with Crippen molar-refractivity contribution in [3.05, 3.63) is 94.9 Å². The third kappa shape index (κ3) is 4.01. The molecule has 2 aromatic carbocycles. The highest BCUT2D eigenvalue weighted by Crippen LogP contribution is 2.28. The van der Waals surface area contributed by atoms with E-state index in [1.165, 1.54) is 5.56 Å². The first-order valence-electron chi connectivity index (χ1n) is 8.72. The number of anilines is 1. The predicted molar refractivity (Wildman–Crippen MR) is 109 cm³/mol. The molecule has 0 fully saturated rings. The SMILES string of the molecule is O=C(Cc1c(Cc2ccccc2)[nH]c2ccc(Cl)cc12)Nc1ccncc1. The maximum absolute atomic E-state index is 12.6. The lowest BCUT2D eigenvalue weighted by Crippen LogP contribution is -2.15. The number of fused-ring (bicyclic) bond motifs is 1. The number of nitrogens with one attached hydrogen (secondary N) is 2. The molecule has 4 aromatic rings. The minimum atomic E-state index is -0.0728. The average molecular weight is 376 g/mol. The summed E-state index contributed by atoms with van der Waals surface area (Å²) in [5.41, 5.74) is 4.91. The van der Waals surface area contributed by atoms with Gasteiger partial charge in [0.05, 0.1) is 6.42 Å². The van der Waals surface area contributed by atoms with Crippen molar-refractivity contribution in [2.45, 2.75) is 12.8 Å². The first kappa shape index (κ1) is 17.3. The molecule has 2 heterocycles. The number of hydrogen-bond donors (Lipinski definition) is 2. The van der Waals surface area contributed by atoms with E-state index in [0.29, 0.717) is 5.02 Å². The quantitative estimate of drug-likeness (QED) is 0.516. The van der Waals surface area contributed by atoms with Crippen LogP contribution in [-0.2, 0) is 17.6 Å². The van der Waals surface area contributed by atoms with Crippen LogP contribution in [0.2, 0.25) is 5.02 Å². The van der Waals surface area contributed by atoms with Gasteiger partial charge < -0.3 is 10.3 Å². The monoisotopic (exact) mass is 375 g/mol. The minimum Gasteiger partial charge on any atom is -0.358 e. The van der Waals surface area contributed by atoms with Crippen molar-refractivity contribution in [3.63, 3.8) is 0 Å². The molecule has 0 radical (unpaired) electrons. The van der Waals surface area contributed by atoms with Gasteiger partial charge >= 0.3 is 0 Å². The Labute approximate surface area is 162 Å². The van der Waals surface area contributed by atoms with Crippen LogP contribution in [0.15, 0.2) is 73.1 Å². The summed E-state index contributed by atoms with van der Waals surface area (Å²) in [6.07, 6.45) is 4.31. The zero-order chi connectivity index (χ0) is 18.6. The van der Waals surface area contributed by atoms with Crippen LogP contribution in [0, 0.1) is 0 Å². The van der Waals surface area contributed by atoms with E-state index in [1.54, 1.807) is 24.5 Å². The minimum absolute atomic E-state index is 0.0728. The fraction of sp³-hybridized carbons (Fsp3) is 0.0909. The van der Waals surface area contributed by atoms with E-state index in [4.69, 9.17) is 11.6 Å². The van der Waals surface area contributed by atoms with Crippen molar-refractivity contribution in [1.82, 2.24) is 9.97 Å². The van der Waals surface area contributed by atoms with Crippen LogP contribution in [-0.4, -0.2) is 15.9 Å². The Bertz CT molecular complexity index is 1070. The smallest absolute Gasteiger partial charge is 0.228 e. The summed E-state index contributed by atoms with van der Waals surface area (Å²) >= 11 is 6.21. The molecule has 1 amide bonds. The average Bonchev–Trinajstić information content (AvgIpc) is 3.00. The van der Waals surface area contributed by atoms with E-state index >= 15 is 0 Å². The van der Waals surface area contributed by atoms with E-state index in [9.17, 15) is 4.79 Å². The van der Waals surface area contributed by atoms with Crippen LogP contribution in [0.25, 0.3) is 10.9 Å². The molecule has 0 aliphatic heterocycles. The molecule has 0 saturated heterocycles. The van der Waals surface area contributed by atoms with Crippen molar-refractivity contribution in [2.75, 3.05) is 5.32 Å². The summed E-state index contributed by atoms with van der Waals surface area (Å²) in [5, 5.41) is 4.57. The fourth-order valence-corrected chi connectivity index (χ4v) is 3.40. The number of rotatable bonds is 5. The van der Waals surface area contributed by atoms with Crippen molar-refractivity contribution >= 4 is 34.1 Å². The summed E-state index contributed by atoms with van der Waals surface area (Å²) in [6.45, 7) is 0. The van der Waals surface area contributed by atoms with E-state index in [-0.39, 0.29) is 12.3 Å². The van der Waals surface area contributed by atoms with Crippen LogP contribution in [0.1, 0.15) is 16.8 Å². The molecule has 0 saturated carbocycles. The molecule has 0 atom stereocenters. The van der Waals surface area contributed by atoms with Gasteiger partial charge in [-0.15, -0.1) is 0 Å². The van der Waals surface area contributed by atoms with Crippen LogP contribution >= 0.6 is 11.6 Å². The first-order chi connectivity index (χ1) is 13.2. The predicted octanol–water partition coefficient (Wildman–Crippen LogP) is 4.99. The zero-order valence-corrected chi connectivity index (χ0v) is 15.3. The fourth-order valence-electron chi connectivity index (χ4n) is 3.23. The summed E-state index contributed by atoms with van der Waals surface area (Å²) < 4.78 is 0. The van der Waals surface area contributed by atoms with Crippen molar-refractivity contribution in [2.24, 2.45) is 0 Å². The van der Waals surface area contributed by atoms with E-state index in [0.717, 1.165) is 34.3 Å². The summed E-state index contributed by atoms with van der Waals surface area (Å²) in [5.74, 6) is -0.0728. The number of H-pyrrole nitrogens is 1. The van der Waals surface area contributed by atoms with Gasteiger partial charge in [-0.2, -0.15) is 0 Å². The van der Waals surface area contributed by atoms with Gasteiger partial charge in [0.15, 0.2) is 0 Å². The van der Waals surface area contributed by atoms with Gasteiger partial charge in [0.2, 0.25) is 5.91 Å². The third-order valence-corrected chi connectivity index (χ3v) is 4.72. The highest BCUT2D eigenvalue weighted by Gasteiger charge is 2.16. The van der Waals surface area contributed by atoms with E-state index in [1.807, 2.05) is 36.4 Å². The van der Waals surface area contributed by atoms with Crippen LogP contribution < -0.4 is 5.32 Å². The van der Waals surface area contributed by atoms with Gasteiger partial charge in [0.25, 0.3) is 0 Å². The molecule has 0 bridgehead atoms. The second-order valence-corrected chi connectivity index (χ2v) is 6.83. The van der Waals surface area contributed by atoms with Gasteiger partial charge in [-0.25, -0.2) is 0 Å². The largest absolute Gasteiger partial charge is 0.358 e. The molecular weight excluding hydrogens is 358 g/mol. The number of nitrogens with zero attached hydrogens (tertiary/aromatic N) is 1. The number of aromatic amines is 1. The number of amides is 1. The Morgan fingerprint density at radius 2 is 1.81 bits per heavy atom. The normalized spacial score (nSPS) is 10.9. The van der Waals surface area contributed by atoms with Crippen LogP contribution in [0.4, 0.5) is 5.69 Å². The second-order valence-electron chi connectivity index (χ2n) is 6.40. The molecule has 2 N–H and O–H groups in total. The first-order valence-corrected chi connectivity index (χ1v) is 9.09. The second kappa shape index (κ2) is 7.64. The number of carbonyl (C=O) groups excluding carboxylic acids is 1. The Kier molecular flexibility index (Phi) is 4.90. The van der Waals surface area contributed by atoms with Gasteiger partial charge in [-0.1, -0.05) is 41.9 Å². The Hall–Kier alpha value is -3.11. The van der Waals surface area contributed by atoms with Crippen LogP contribution in [0.5, 0.6) is 0 Å². The molecule has 134 valence electrons. The summed E-state index contributed by atoms with van der Waals surface area (Å²) in [6, 6.07) is 19.5. The molecule has 27 heavy (non-hydrogen) atoms. The Morgan fingerprint density at radius 1 is 1.04 bits per heavy atom. The molecule has 4 rings (SSSR count). The summed E-state index contributed by atoms with van der Waals surface area (Å²) in [7, 11) is 0. The maximum atomic E-state index is 12.6. The molecule has 0 spiro atoms. The lowest BCUT2D eigenvalue weighted by molar-refractivity contribution is -0.115. The molecule has 5 heteroatoms. The number of pyridine rings is 1. The highest BCUT2D eigenvalue weighted by atomic mass is 35.5. The molecule has 2 aromatic heterocycles. The van der Waals surface area contributed by atoms with Gasteiger partial charge in [-0.05, 0) is 41.5 Å². The number of carbonyl (C=O) groups is 1. The number of hydrogen-bond acceptors (Lipinski definition) is 2. The van der Waals surface area contributed by atoms with Gasteiger partial charge in [-0.3, -0.25) is 9.78 Å². The molecule has 0 unspecified atom stereocenters. The zero-order valence-electron chi connectivity index (χ0n) is 14.6. The lowest BCUT2D eigenvalue weighted by Gasteiger charge is -2.07. The van der Waals surface area contributed by atoms with Crippen molar-refractivity contribution in [3.8, 4) is 0 Å². The Balaban J connectivity index is 1.67. The molecular formula is C22H18ClN3O. The number of halogens is 1. The topological polar surface area (TPSA) is 57.8 Å². The maximum Gasteiger partial charge on any atom is 0.228 e. The number of benzene rings is 2. The van der Waals surface area contributed by atoms with Crippen LogP contribution in [0.3, 0.4) is 0 Å².